The zero-order valence-electron chi connectivity index (χ0n) is 12.4. The third-order valence-corrected chi connectivity index (χ3v) is 3.96. The minimum Gasteiger partial charge on any atom is -0.491 e. The molecule has 0 unspecified atom stereocenters. The number of quaternary nitrogens is 1. The highest BCUT2D eigenvalue weighted by molar-refractivity contribution is 6.30. The van der Waals surface area contributed by atoms with Crippen molar-refractivity contribution < 1.29 is 19.5 Å². The first kappa shape index (κ1) is 16.6. The van der Waals surface area contributed by atoms with E-state index in [-0.39, 0.29) is 6.10 Å². The van der Waals surface area contributed by atoms with E-state index in [0.717, 1.165) is 12.3 Å². The van der Waals surface area contributed by atoms with Gasteiger partial charge in [-0.15, -0.1) is 0 Å². The van der Waals surface area contributed by atoms with E-state index in [1.54, 1.807) is 12.1 Å². The molecule has 0 aromatic heterocycles. The molecule has 118 valence electrons. The Kier molecular flexibility index (Phi) is 7.30. The minimum atomic E-state index is -0.381. The molecule has 0 saturated carbocycles. The van der Waals surface area contributed by atoms with Crippen molar-refractivity contribution in [3.8, 4) is 5.75 Å². The van der Waals surface area contributed by atoms with Crippen LogP contribution in [0.1, 0.15) is 19.3 Å². The molecule has 1 aliphatic rings. The number of hydrogen-bond donors (Lipinski definition) is 2. The Morgan fingerprint density at radius 2 is 1.81 bits per heavy atom. The lowest BCUT2D eigenvalue weighted by molar-refractivity contribution is -0.908. The first-order chi connectivity index (χ1) is 10.2. The van der Waals surface area contributed by atoms with Gasteiger partial charge >= 0.3 is 0 Å². The van der Waals surface area contributed by atoms with Crippen molar-refractivity contribution in [2.45, 2.75) is 25.4 Å². The predicted molar refractivity (Wildman–Crippen MR) is 83.2 cm³/mol. The molecular weight excluding hydrogens is 290 g/mol. The summed E-state index contributed by atoms with van der Waals surface area (Å²) in [6.45, 7) is 4.49. The molecule has 4 nitrogen and oxygen atoms in total. The molecular formula is C16H25ClNO3+. The zero-order chi connectivity index (χ0) is 14.9. The van der Waals surface area contributed by atoms with E-state index in [1.807, 2.05) is 12.1 Å². The Bertz CT molecular complexity index is 393. The van der Waals surface area contributed by atoms with Crippen molar-refractivity contribution in [1.29, 1.82) is 0 Å². The van der Waals surface area contributed by atoms with Gasteiger partial charge in [0, 0.05) is 5.02 Å². The summed E-state index contributed by atoms with van der Waals surface area (Å²) in [6.07, 6.45) is 3.50. The van der Waals surface area contributed by atoms with Crippen molar-refractivity contribution in [2.75, 3.05) is 39.5 Å². The lowest BCUT2D eigenvalue weighted by Crippen LogP contribution is -3.14. The van der Waals surface area contributed by atoms with Gasteiger partial charge in [0.1, 0.15) is 25.0 Å². The van der Waals surface area contributed by atoms with E-state index in [2.05, 4.69) is 0 Å². The van der Waals surface area contributed by atoms with Gasteiger partial charge in [0.25, 0.3) is 0 Å². The van der Waals surface area contributed by atoms with Crippen LogP contribution in [0, 0.1) is 0 Å². The number of hydrogen-bond acceptors (Lipinski definition) is 3. The van der Waals surface area contributed by atoms with Crippen molar-refractivity contribution in [3.05, 3.63) is 29.3 Å². The van der Waals surface area contributed by atoms with Crippen molar-refractivity contribution in [3.63, 3.8) is 0 Å². The van der Waals surface area contributed by atoms with Crippen LogP contribution in [0.15, 0.2) is 24.3 Å². The lowest BCUT2D eigenvalue weighted by Gasteiger charge is -2.25. The van der Waals surface area contributed by atoms with E-state index in [0.29, 0.717) is 24.8 Å². The summed E-state index contributed by atoms with van der Waals surface area (Å²) in [5.41, 5.74) is 0. The maximum Gasteiger partial charge on any atom is 0.126 e. The van der Waals surface area contributed by atoms with Gasteiger partial charge in [0.05, 0.1) is 26.3 Å². The molecule has 21 heavy (non-hydrogen) atoms. The van der Waals surface area contributed by atoms with E-state index >= 15 is 0 Å². The van der Waals surface area contributed by atoms with Gasteiger partial charge < -0.3 is 19.5 Å². The van der Waals surface area contributed by atoms with Crippen LogP contribution in [-0.2, 0) is 4.74 Å². The number of aliphatic hydroxyl groups excluding tert-OH is 1. The standard InChI is InChI=1S/C16H24ClNO3/c17-14-4-6-16(7-5-14)21-11-10-20-13-15(19)12-18-8-2-1-3-9-18/h4-7,15,19H,1-3,8-13H2/p+1/t15-/m0/s1. The van der Waals surface area contributed by atoms with Crippen LogP contribution < -0.4 is 9.64 Å². The van der Waals surface area contributed by atoms with E-state index in [1.165, 1.54) is 37.3 Å². The molecule has 0 aliphatic carbocycles. The van der Waals surface area contributed by atoms with Crippen LogP contribution in [0.25, 0.3) is 0 Å². The van der Waals surface area contributed by atoms with Crippen LogP contribution in [0.3, 0.4) is 0 Å². The molecule has 0 bridgehead atoms. The third kappa shape index (κ3) is 6.66. The summed E-state index contributed by atoms with van der Waals surface area (Å²) in [7, 11) is 0. The van der Waals surface area contributed by atoms with Crippen molar-refractivity contribution >= 4 is 11.6 Å². The first-order valence-electron chi connectivity index (χ1n) is 7.72. The molecule has 0 amide bonds. The number of aliphatic hydroxyl groups is 1. The average Bonchev–Trinajstić information content (AvgIpc) is 2.50. The van der Waals surface area contributed by atoms with Gasteiger partial charge in [-0.1, -0.05) is 11.6 Å². The number of likely N-dealkylation sites (tertiary alicyclic amines) is 1. The van der Waals surface area contributed by atoms with Crippen molar-refractivity contribution in [2.24, 2.45) is 0 Å². The molecule has 1 atom stereocenters. The fourth-order valence-electron chi connectivity index (χ4n) is 2.62. The molecule has 1 saturated heterocycles. The monoisotopic (exact) mass is 314 g/mol. The SMILES string of the molecule is O[C@H](COCCOc1ccc(Cl)cc1)C[NH+]1CCCCC1. The van der Waals surface area contributed by atoms with Gasteiger partial charge in [-0.05, 0) is 43.5 Å². The summed E-state index contributed by atoms with van der Waals surface area (Å²) in [4.78, 5) is 1.50. The molecule has 2 rings (SSSR count). The molecule has 0 radical (unpaired) electrons. The Hall–Kier alpha value is -0.810. The molecule has 1 heterocycles. The Morgan fingerprint density at radius 1 is 1.10 bits per heavy atom. The van der Waals surface area contributed by atoms with Gasteiger partial charge in [0.15, 0.2) is 0 Å². The molecule has 0 spiro atoms. The number of benzene rings is 1. The summed E-state index contributed by atoms with van der Waals surface area (Å²) in [5, 5.41) is 10.6. The fraction of sp³-hybridized carbons (Fsp3) is 0.625. The second kappa shape index (κ2) is 9.26. The number of nitrogens with one attached hydrogen (secondary N) is 1. The van der Waals surface area contributed by atoms with Gasteiger partial charge in [-0.2, -0.15) is 0 Å². The summed E-state index contributed by atoms with van der Waals surface area (Å²) < 4.78 is 11.0. The second-order valence-electron chi connectivity index (χ2n) is 5.55. The number of piperidine rings is 1. The van der Waals surface area contributed by atoms with Crippen LogP contribution in [0.5, 0.6) is 5.75 Å². The van der Waals surface area contributed by atoms with E-state index in [4.69, 9.17) is 21.1 Å². The highest BCUT2D eigenvalue weighted by Gasteiger charge is 2.17. The summed E-state index contributed by atoms with van der Waals surface area (Å²) in [5.74, 6) is 0.779. The van der Waals surface area contributed by atoms with Gasteiger partial charge in [-0.25, -0.2) is 0 Å². The van der Waals surface area contributed by atoms with Gasteiger partial charge in [-0.3, -0.25) is 0 Å². The molecule has 1 aromatic rings. The summed E-state index contributed by atoms with van der Waals surface area (Å²) in [6, 6.07) is 7.25. The maximum atomic E-state index is 9.95. The average molecular weight is 315 g/mol. The Balaban J connectivity index is 1.51. The normalized spacial score (nSPS) is 17.6. The molecule has 5 heteroatoms. The van der Waals surface area contributed by atoms with Crippen LogP contribution in [-0.4, -0.2) is 50.7 Å². The van der Waals surface area contributed by atoms with Crippen molar-refractivity contribution in [1.82, 2.24) is 0 Å². The molecule has 1 aliphatic heterocycles. The minimum absolute atomic E-state index is 0.381. The second-order valence-corrected chi connectivity index (χ2v) is 5.98. The predicted octanol–water partition coefficient (Wildman–Crippen LogP) is 1.17. The molecule has 2 N–H and O–H groups in total. The highest BCUT2D eigenvalue weighted by Crippen LogP contribution is 2.15. The quantitative estimate of drug-likeness (QED) is 0.708. The number of halogens is 1. The molecule has 1 aromatic carbocycles. The van der Waals surface area contributed by atoms with Gasteiger partial charge in [0.2, 0.25) is 0 Å². The fourth-order valence-corrected chi connectivity index (χ4v) is 2.74. The maximum absolute atomic E-state index is 9.95. The smallest absolute Gasteiger partial charge is 0.126 e. The van der Waals surface area contributed by atoms with Crippen LogP contribution >= 0.6 is 11.6 Å². The summed E-state index contributed by atoms with van der Waals surface area (Å²) >= 11 is 5.80. The Morgan fingerprint density at radius 3 is 2.52 bits per heavy atom. The number of rotatable bonds is 8. The Labute approximate surface area is 131 Å². The highest BCUT2D eigenvalue weighted by atomic mass is 35.5. The van der Waals surface area contributed by atoms with E-state index in [9.17, 15) is 5.11 Å². The third-order valence-electron chi connectivity index (χ3n) is 3.71. The molecule has 1 fully saturated rings. The van der Waals surface area contributed by atoms with Crippen LogP contribution in [0.2, 0.25) is 5.02 Å². The number of ether oxygens (including phenoxy) is 2. The van der Waals surface area contributed by atoms with E-state index < -0.39 is 0 Å². The zero-order valence-corrected chi connectivity index (χ0v) is 13.1. The first-order valence-corrected chi connectivity index (χ1v) is 8.09. The largest absolute Gasteiger partial charge is 0.491 e. The topological polar surface area (TPSA) is 43.1 Å². The van der Waals surface area contributed by atoms with Crippen LogP contribution in [0.4, 0.5) is 0 Å². The lowest BCUT2D eigenvalue weighted by atomic mass is 10.1.